The van der Waals surface area contributed by atoms with E-state index in [-0.39, 0.29) is 11.9 Å². The van der Waals surface area contributed by atoms with E-state index in [4.69, 9.17) is 0 Å². The molecule has 0 fully saturated rings. The summed E-state index contributed by atoms with van der Waals surface area (Å²) >= 11 is 0. The molecule has 0 N–H and O–H groups in total. The van der Waals surface area contributed by atoms with Gasteiger partial charge in [0.15, 0.2) is 0 Å². The summed E-state index contributed by atoms with van der Waals surface area (Å²) in [6.45, 7) is 11.3. The standard InChI is InChI=1S/C22H30N6O/c1-15(2)12-27-18(5)21(16(3)25-27)11-22(29)26(6)17(4)19-7-9-20(10-8-19)28-14-23-13-24-28/h7-10,13-15,17H,11-12H2,1-6H3. The van der Waals surface area contributed by atoms with Crippen LogP contribution in [0.25, 0.3) is 5.69 Å². The molecule has 0 bridgehead atoms. The van der Waals surface area contributed by atoms with E-state index in [1.165, 1.54) is 6.33 Å². The van der Waals surface area contributed by atoms with E-state index in [0.29, 0.717) is 12.3 Å². The summed E-state index contributed by atoms with van der Waals surface area (Å²) in [5, 5.41) is 8.77. The molecule has 154 valence electrons. The van der Waals surface area contributed by atoms with E-state index in [0.717, 1.165) is 34.7 Å². The number of hydrogen-bond acceptors (Lipinski definition) is 4. The molecule has 0 aliphatic carbocycles. The van der Waals surface area contributed by atoms with Crippen LogP contribution in [0.3, 0.4) is 0 Å². The molecule has 1 atom stereocenters. The molecule has 3 aromatic rings. The molecule has 0 aliphatic heterocycles. The Balaban J connectivity index is 1.71. The molecule has 1 amide bonds. The van der Waals surface area contributed by atoms with Crippen LogP contribution in [0.4, 0.5) is 0 Å². The predicted molar refractivity (Wildman–Crippen MR) is 113 cm³/mol. The van der Waals surface area contributed by atoms with Gasteiger partial charge < -0.3 is 4.90 Å². The Morgan fingerprint density at radius 1 is 1.14 bits per heavy atom. The van der Waals surface area contributed by atoms with Gasteiger partial charge in [-0.2, -0.15) is 10.2 Å². The van der Waals surface area contributed by atoms with E-state index >= 15 is 0 Å². The van der Waals surface area contributed by atoms with Gasteiger partial charge in [0.05, 0.1) is 23.8 Å². The van der Waals surface area contributed by atoms with Crippen LogP contribution in [0.2, 0.25) is 0 Å². The number of amides is 1. The van der Waals surface area contributed by atoms with Crippen LogP contribution in [0.1, 0.15) is 49.3 Å². The van der Waals surface area contributed by atoms with Crippen LogP contribution in [0.5, 0.6) is 0 Å². The fourth-order valence-corrected chi connectivity index (χ4v) is 3.48. The zero-order valence-corrected chi connectivity index (χ0v) is 18.1. The summed E-state index contributed by atoms with van der Waals surface area (Å²) in [6, 6.07) is 8.01. The van der Waals surface area contributed by atoms with E-state index in [9.17, 15) is 4.79 Å². The minimum Gasteiger partial charge on any atom is -0.339 e. The van der Waals surface area contributed by atoms with Crippen molar-refractivity contribution in [3.05, 3.63) is 59.4 Å². The van der Waals surface area contributed by atoms with Crippen molar-refractivity contribution >= 4 is 5.91 Å². The predicted octanol–water partition coefficient (Wildman–Crippen LogP) is 3.50. The average molecular weight is 395 g/mol. The molecule has 0 saturated heterocycles. The molecule has 1 aromatic carbocycles. The van der Waals surface area contributed by atoms with E-state index < -0.39 is 0 Å². The lowest BCUT2D eigenvalue weighted by molar-refractivity contribution is -0.131. The van der Waals surface area contributed by atoms with Gasteiger partial charge >= 0.3 is 0 Å². The Labute approximate surface area is 172 Å². The van der Waals surface area contributed by atoms with Crippen LogP contribution >= 0.6 is 0 Å². The fourth-order valence-electron chi connectivity index (χ4n) is 3.48. The second-order valence-electron chi connectivity index (χ2n) is 8.01. The average Bonchev–Trinajstić information content (AvgIpc) is 3.31. The Hall–Kier alpha value is -2.96. The lowest BCUT2D eigenvalue weighted by Crippen LogP contribution is -2.31. The highest BCUT2D eigenvalue weighted by Crippen LogP contribution is 2.22. The maximum Gasteiger partial charge on any atom is 0.227 e. The summed E-state index contributed by atoms with van der Waals surface area (Å²) < 4.78 is 3.73. The summed E-state index contributed by atoms with van der Waals surface area (Å²) in [6.07, 6.45) is 3.54. The largest absolute Gasteiger partial charge is 0.339 e. The number of aromatic nitrogens is 5. The Bertz CT molecular complexity index is 956. The molecule has 7 heteroatoms. The first kappa shape index (κ1) is 20.8. The summed E-state index contributed by atoms with van der Waals surface area (Å²) in [4.78, 5) is 18.8. The number of benzene rings is 1. The number of nitrogens with zero attached hydrogens (tertiary/aromatic N) is 6. The van der Waals surface area contributed by atoms with Crippen molar-refractivity contribution in [1.29, 1.82) is 0 Å². The molecule has 1 unspecified atom stereocenters. The lowest BCUT2D eigenvalue weighted by atomic mass is 10.0. The first-order chi connectivity index (χ1) is 13.8. The van der Waals surface area contributed by atoms with Crippen LogP contribution in [-0.2, 0) is 17.8 Å². The van der Waals surface area contributed by atoms with Gasteiger partial charge in [-0.25, -0.2) is 9.67 Å². The van der Waals surface area contributed by atoms with Crippen molar-refractivity contribution in [3.63, 3.8) is 0 Å². The van der Waals surface area contributed by atoms with Crippen molar-refractivity contribution in [2.75, 3.05) is 7.05 Å². The Morgan fingerprint density at radius 2 is 1.83 bits per heavy atom. The van der Waals surface area contributed by atoms with Gasteiger partial charge in [-0.15, -0.1) is 0 Å². The van der Waals surface area contributed by atoms with E-state index in [1.54, 1.807) is 11.0 Å². The highest BCUT2D eigenvalue weighted by molar-refractivity contribution is 5.79. The first-order valence-electron chi connectivity index (χ1n) is 10.0. The van der Waals surface area contributed by atoms with Crippen LogP contribution in [0.15, 0.2) is 36.9 Å². The molecule has 0 radical (unpaired) electrons. The van der Waals surface area contributed by atoms with Gasteiger partial charge in [-0.1, -0.05) is 26.0 Å². The SMILES string of the molecule is Cc1nn(CC(C)C)c(C)c1CC(=O)N(C)C(C)c1ccc(-n2cncn2)cc1. The normalized spacial score (nSPS) is 12.4. The third-order valence-electron chi connectivity index (χ3n) is 5.43. The summed E-state index contributed by atoms with van der Waals surface area (Å²) in [7, 11) is 1.86. The second-order valence-corrected chi connectivity index (χ2v) is 8.01. The highest BCUT2D eigenvalue weighted by Gasteiger charge is 2.21. The molecule has 3 rings (SSSR count). The number of carbonyl (C=O) groups excluding carboxylic acids is 1. The molecule has 7 nitrogen and oxygen atoms in total. The highest BCUT2D eigenvalue weighted by atomic mass is 16.2. The second kappa shape index (κ2) is 8.59. The van der Waals surface area contributed by atoms with Gasteiger partial charge in [0, 0.05) is 24.8 Å². The lowest BCUT2D eigenvalue weighted by Gasteiger charge is -2.25. The Kier molecular flexibility index (Phi) is 6.15. The van der Waals surface area contributed by atoms with Gasteiger partial charge in [-0.05, 0) is 44.4 Å². The van der Waals surface area contributed by atoms with Crippen molar-refractivity contribution in [2.45, 2.75) is 53.6 Å². The molecule has 29 heavy (non-hydrogen) atoms. The monoisotopic (exact) mass is 394 g/mol. The summed E-state index contributed by atoms with van der Waals surface area (Å²) in [5.41, 5.74) is 5.08. The number of aryl methyl sites for hydroxylation is 1. The third kappa shape index (κ3) is 4.55. The van der Waals surface area contributed by atoms with Gasteiger partial charge in [0.2, 0.25) is 5.91 Å². The quantitative estimate of drug-likeness (QED) is 0.615. The zero-order valence-electron chi connectivity index (χ0n) is 18.1. The molecule has 2 aromatic heterocycles. The smallest absolute Gasteiger partial charge is 0.227 e. The van der Waals surface area contributed by atoms with Gasteiger partial charge in [-0.3, -0.25) is 9.48 Å². The van der Waals surface area contributed by atoms with Crippen molar-refractivity contribution < 1.29 is 4.79 Å². The van der Waals surface area contributed by atoms with Crippen LogP contribution in [0, 0.1) is 19.8 Å². The maximum absolute atomic E-state index is 13.0. The minimum atomic E-state index is -0.0291. The van der Waals surface area contributed by atoms with Crippen molar-refractivity contribution in [1.82, 2.24) is 29.4 Å². The van der Waals surface area contributed by atoms with E-state index in [1.807, 2.05) is 54.7 Å². The first-order valence-corrected chi connectivity index (χ1v) is 10.0. The van der Waals surface area contributed by atoms with Crippen molar-refractivity contribution in [3.8, 4) is 5.69 Å². The molecule has 0 aliphatic rings. The molecular weight excluding hydrogens is 364 g/mol. The number of rotatable bonds is 7. The number of hydrogen-bond donors (Lipinski definition) is 0. The zero-order chi connectivity index (χ0) is 21.1. The van der Waals surface area contributed by atoms with Crippen LogP contribution < -0.4 is 0 Å². The molecule has 0 spiro atoms. The fraction of sp³-hybridized carbons (Fsp3) is 0.455. The van der Waals surface area contributed by atoms with Crippen LogP contribution in [-0.4, -0.2) is 42.4 Å². The number of carbonyl (C=O) groups is 1. The van der Waals surface area contributed by atoms with Gasteiger partial charge in [0.25, 0.3) is 0 Å². The minimum absolute atomic E-state index is 0.0291. The topological polar surface area (TPSA) is 68.8 Å². The number of likely N-dealkylation sites (N-methyl/N-ethyl adjacent to an activating group) is 1. The molecule has 0 saturated carbocycles. The molecule has 2 heterocycles. The maximum atomic E-state index is 13.0. The summed E-state index contributed by atoms with van der Waals surface area (Å²) in [5.74, 6) is 0.605. The van der Waals surface area contributed by atoms with E-state index in [2.05, 4.69) is 36.0 Å². The Morgan fingerprint density at radius 3 is 2.41 bits per heavy atom. The van der Waals surface area contributed by atoms with Crippen molar-refractivity contribution in [2.24, 2.45) is 5.92 Å². The third-order valence-corrected chi connectivity index (χ3v) is 5.43. The van der Waals surface area contributed by atoms with Gasteiger partial charge in [0.1, 0.15) is 12.7 Å². The molecular formula is C22H30N6O.